The summed E-state index contributed by atoms with van der Waals surface area (Å²) < 4.78 is 0. The van der Waals surface area contributed by atoms with E-state index in [9.17, 15) is 58.5 Å². The highest BCUT2D eigenvalue weighted by atomic mass is 16.4. The van der Waals surface area contributed by atoms with Gasteiger partial charge in [0, 0.05) is 12.3 Å². The normalized spacial score (nSPS) is 16.5. The number of carboxylic acid groups (broad SMARTS) is 1. The van der Waals surface area contributed by atoms with Gasteiger partial charge in [-0.1, -0.05) is 75.7 Å². The Morgan fingerprint density at radius 2 is 1.08 bits per heavy atom. The maximum Gasteiger partial charge on any atom is 0.326 e. The molecule has 8 amide bonds. The molecule has 15 N–H and O–H groups in total. The smallest absolute Gasteiger partial charge is 0.326 e. The molecule has 0 aromatic heterocycles. The van der Waals surface area contributed by atoms with Crippen molar-refractivity contribution in [1.82, 2.24) is 31.9 Å². The van der Waals surface area contributed by atoms with Crippen LogP contribution < -0.4 is 49.1 Å². The van der Waals surface area contributed by atoms with Crippen LogP contribution >= 0.6 is 0 Å². The summed E-state index contributed by atoms with van der Waals surface area (Å²) in [6.07, 6.45) is -2.52. The van der Waals surface area contributed by atoms with Crippen LogP contribution in [0.4, 0.5) is 0 Å². The number of carbonyl (C=O) groups excluding carboxylic acids is 8. The lowest BCUT2D eigenvalue weighted by atomic mass is 9.85. The molecule has 0 heterocycles. The highest BCUT2D eigenvalue weighted by Crippen LogP contribution is 2.23. The number of amides is 8. The number of rotatable bonds is 29. The van der Waals surface area contributed by atoms with Gasteiger partial charge in [0.05, 0.1) is 31.2 Å². The molecule has 0 bridgehead atoms. The fraction of sp³-hybridized carbons (Fsp3) is 0.775. The quantitative estimate of drug-likeness (QED) is 0.0383. The summed E-state index contributed by atoms with van der Waals surface area (Å²) in [4.78, 5) is 116. The molecular weight excluding hydrogens is 798 g/mol. The summed E-state index contributed by atoms with van der Waals surface area (Å²) in [5.74, 6) is -10.8. The van der Waals surface area contributed by atoms with Gasteiger partial charge in [0.2, 0.25) is 47.3 Å². The molecule has 350 valence electrons. The van der Waals surface area contributed by atoms with Crippen molar-refractivity contribution in [2.24, 2.45) is 52.7 Å². The zero-order valence-electron chi connectivity index (χ0n) is 37.3. The third kappa shape index (κ3) is 20.0. The largest absolute Gasteiger partial charge is 0.480 e. The zero-order chi connectivity index (χ0) is 47.5. The van der Waals surface area contributed by atoms with Crippen LogP contribution in [-0.2, 0) is 43.2 Å². The fourth-order valence-electron chi connectivity index (χ4n) is 6.20. The van der Waals surface area contributed by atoms with Gasteiger partial charge in [0.25, 0.3) is 0 Å². The third-order valence-corrected chi connectivity index (χ3v) is 10.4. The number of hydrogen-bond donors (Lipinski definition) is 12. The van der Waals surface area contributed by atoms with Gasteiger partial charge < -0.3 is 64.4 Å². The molecule has 21 nitrogen and oxygen atoms in total. The van der Waals surface area contributed by atoms with Gasteiger partial charge in [-0.3, -0.25) is 38.4 Å². The van der Waals surface area contributed by atoms with Gasteiger partial charge in [-0.15, -0.1) is 0 Å². The number of primary amides is 2. The molecule has 0 aromatic carbocycles. The number of aliphatic hydroxyl groups is 2. The van der Waals surface area contributed by atoms with Crippen molar-refractivity contribution in [2.75, 3.05) is 6.61 Å². The minimum absolute atomic E-state index is 0.138. The van der Waals surface area contributed by atoms with Crippen molar-refractivity contribution in [3.8, 4) is 0 Å². The summed E-state index contributed by atoms with van der Waals surface area (Å²) in [6, 6.07) is -9.19. The second-order valence-electron chi connectivity index (χ2n) is 17.1. The Balaban J connectivity index is 6.44. The topological polar surface area (TPSA) is 365 Å². The lowest BCUT2D eigenvalue weighted by Crippen LogP contribution is -2.60. The number of nitrogens with two attached hydrogens (primary N) is 3. The first-order valence-corrected chi connectivity index (χ1v) is 20.8. The van der Waals surface area contributed by atoms with E-state index < -0.39 is 145 Å². The van der Waals surface area contributed by atoms with E-state index >= 15 is 0 Å². The van der Waals surface area contributed by atoms with Crippen LogP contribution in [0.15, 0.2) is 0 Å². The molecule has 0 aliphatic carbocycles. The van der Waals surface area contributed by atoms with Crippen LogP contribution in [0.5, 0.6) is 0 Å². The molecule has 21 heteroatoms. The van der Waals surface area contributed by atoms with E-state index in [4.69, 9.17) is 17.2 Å². The number of carboxylic acids is 1. The van der Waals surface area contributed by atoms with E-state index in [2.05, 4.69) is 31.9 Å². The number of nitrogens with one attached hydrogen (secondary N) is 6. The molecule has 0 unspecified atom stereocenters. The minimum Gasteiger partial charge on any atom is -0.480 e. The maximum absolute atomic E-state index is 13.8. The van der Waals surface area contributed by atoms with E-state index in [0.29, 0.717) is 6.42 Å². The van der Waals surface area contributed by atoms with Crippen LogP contribution in [-0.4, -0.2) is 124 Å². The second-order valence-corrected chi connectivity index (χ2v) is 17.1. The molecular formula is C40H73N9O12. The van der Waals surface area contributed by atoms with Crippen molar-refractivity contribution in [3.05, 3.63) is 0 Å². The molecule has 0 aromatic rings. The molecule has 0 fully saturated rings. The Morgan fingerprint density at radius 1 is 0.574 bits per heavy atom. The molecule has 61 heavy (non-hydrogen) atoms. The fourth-order valence-corrected chi connectivity index (χ4v) is 6.20. The molecule has 0 radical (unpaired) electrons. The molecule has 0 aliphatic heterocycles. The van der Waals surface area contributed by atoms with Crippen molar-refractivity contribution in [2.45, 2.75) is 156 Å². The SMILES string of the molecule is CC[C@H](C)[C@H](NC(=O)[C@H](C[C@H](O)[C@H](CC(C)C)NC(=O)[C@H](CC(N)=O)NC(=O)[C@H](CCC(N)=O)NC(=O)[C@H](CO)NC(=O)[C@@H](N)C(C)C)C(C)C)C(=O)N[C@H](C(=O)O)C(C)C. The Bertz CT molecular complexity index is 1510. The standard InChI is InChI=1S/C40H73N9O12/c1-11-22(10)33(39(59)48-32(21(8)9)40(60)61)49-34(54)23(19(4)5)15-28(51)25(14-18(2)3)45-36(56)26(16-30(42)53)46-35(55)24(12-13-29(41)52)44-37(57)27(17-50)47-38(58)31(43)20(6)7/h18-28,31-33,50-51H,11-17,43H2,1-10H3,(H2,41,52)(H2,42,53)(H,44,57)(H,45,56)(H,46,55)(H,47,58)(H,48,59)(H,49,54)(H,60,61)/t22-,23+,24-,25-,26-,27-,28-,31-,32-,33-/m0/s1. The molecule has 10 atom stereocenters. The Hall–Kier alpha value is -4.89. The monoisotopic (exact) mass is 872 g/mol. The van der Waals surface area contributed by atoms with E-state index in [1.807, 2.05) is 20.8 Å². The number of carbonyl (C=O) groups is 9. The van der Waals surface area contributed by atoms with Gasteiger partial charge in [0.1, 0.15) is 30.2 Å². The first-order valence-electron chi connectivity index (χ1n) is 20.8. The predicted octanol–water partition coefficient (Wildman–Crippen LogP) is -2.13. The summed E-state index contributed by atoms with van der Waals surface area (Å²) in [5.41, 5.74) is 16.6. The Labute approximate surface area is 358 Å². The number of aliphatic hydroxyl groups excluding tert-OH is 2. The zero-order valence-corrected chi connectivity index (χ0v) is 37.3. The average Bonchev–Trinajstić information content (AvgIpc) is 3.15. The summed E-state index contributed by atoms with van der Waals surface area (Å²) in [5, 5.41) is 45.9. The van der Waals surface area contributed by atoms with Crippen LogP contribution in [0, 0.1) is 35.5 Å². The van der Waals surface area contributed by atoms with Gasteiger partial charge in [-0.2, -0.15) is 0 Å². The van der Waals surface area contributed by atoms with Crippen LogP contribution in [0.3, 0.4) is 0 Å². The van der Waals surface area contributed by atoms with E-state index in [-0.39, 0.29) is 31.1 Å². The van der Waals surface area contributed by atoms with Crippen molar-refractivity contribution in [1.29, 1.82) is 0 Å². The van der Waals surface area contributed by atoms with Crippen molar-refractivity contribution < 1.29 is 58.5 Å². The molecule has 0 aliphatic rings. The van der Waals surface area contributed by atoms with Gasteiger partial charge >= 0.3 is 5.97 Å². The lowest BCUT2D eigenvalue weighted by Gasteiger charge is -2.32. The van der Waals surface area contributed by atoms with Gasteiger partial charge in [-0.05, 0) is 48.9 Å². The van der Waals surface area contributed by atoms with Crippen LogP contribution in [0.25, 0.3) is 0 Å². The molecule has 0 saturated carbocycles. The summed E-state index contributed by atoms with van der Waals surface area (Å²) in [7, 11) is 0. The lowest BCUT2D eigenvalue weighted by molar-refractivity contribution is -0.144. The highest BCUT2D eigenvalue weighted by Gasteiger charge is 2.37. The average molecular weight is 872 g/mol. The number of aliphatic carboxylic acids is 1. The van der Waals surface area contributed by atoms with E-state index in [1.165, 1.54) is 0 Å². The predicted molar refractivity (Wildman–Crippen MR) is 224 cm³/mol. The summed E-state index contributed by atoms with van der Waals surface area (Å²) in [6.45, 7) is 16.3. The van der Waals surface area contributed by atoms with E-state index in [1.54, 1.807) is 48.5 Å². The van der Waals surface area contributed by atoms with Gasteiger partial charge in [0.15, 0.2) is 0 Å². The van der Waals surface area contributed by atoms with Crippen LogP contribution in [0.1, 0.15) is 108 Å². The van der Waals surface area contributed by atoms with Crippen molar-refractivity contribution >= 4 is 53.2 Å². The van der Waals surface area contributed by atoms with Crippen molar-refractivity contribution in [3.63, 3.8) is 0 Å². The second kappa shape index (κ2) is 27.1. The molecule has 0 spiro atoms. The minimum atomic E-state index is -1.67. The first kappa shape index (κ1) is 56.1. The Morgan fingerprint density at radius 3 is 1.52 bits per heavy atom. The van der Waals surface area contributed by atoms with Gasteiger partial charge in [-0.25, -0.2) is 4.79 Å². The highest BCUT2D eigenvalue weighted by molar-refractivity contribution is 5.96. The third-order valence-electron chi connectivity index (χ3n) is 10.4. The first-order chi connectivity index (χ1) is 28.2. The number of hydrogen-bond acceptors (Lipinski definition) is 12. The summed E-state index contributed by atoms with van der Waals surface area (Å²) >= 11 is 0. The molecule has 0 rings (SSSR count). The molecule has 0 saturated heterocycles. The van der Waals surface area contributed by atoms with E-state index in [0.717, 1.165) is 0 Å². The Kier molecular flexibility index (Phi) is 25.0. The maximum atomic E-state index is 13.8. The van der Waals surface area contributed by atoms with Crippen LogP contribution in [0.2, 0.25) is 0 Å².